The highest BCUT2D eigenvalue weighted by Gasteiger charge is 2.35. The van der Waals surface area contributed by atoms with Gasteiger partial charge in [0.25, 0.3) is 0 Å². The number of ether oxygens (including phenoxy) is 1. The largest absolute Gasteiger partial charge is 0.496 e. The topological polar surface area (TPSA) is 58.6 Å². The van der Waals surface area contributed by atoms with Gasteiger partial charge in [0.15, 0.2) is 0 Å². The molecule has 1 aliphatic rings. The van der Waals surface area contributed by atoms with Gasteiger partial charge < -0.3 is 15.2 Å². The van der Waals surface area contributed by atoms with Crippen molar-refractivity contribution >= 4 is 5.91 Å². The molecular weight excluding hydrogens is 266 g/mol. The number of hydrogen-bond donors (Lipinski definition) is 2. The lowest BCUT2D eigenvalue weighted by atomic mass is 9.91. The average Bonchev–Trinajstić information content (AvgIpc) is 2.84. The average molecular weight is 291 g/mol. The van der Waals surface area contributed by atoms with Crippen molar-refractivity contribution in [2.24, 2.45) is 0 Å². The second-order valence-corrected chi connectivity index (χ2v) is 6.48. The van der Waals surface area contributed by atoms with Crippen LogP contribution in [0.3, 0.4) is 0 Å². The minimum Gasteiger partial charge on any atom is -0.496 e. The van der Waals surface area contributed by atoms with Crippen LogP contribution in [0.25, 0.3) is 0 Å². The van der Waals surface area contributed by atoms with Crippen LogP contribution >= 0.6 is 0 Å². The summed E-state index contributed by atoms with van der Waals surface area (Å²) in [6, 6.07) is 7.66. The van der Waals surface area contributed by atoms with Crippen LogP contribution in [-0.4, -0.2) is 23.7 Å². The fraction of sp³-hybridized carbons (Fsp3) is 0.588. The third-order valence-electron chi connectivity index (χ3n) is 4.26. The van der Waals surface area contributed by atoms with Gasteiger partial charge >= 0.3 is 0 Å². The molecule has 1 fully saturated rings. The molecule has 0 heterocycles. The highest BCUT2D eigenvalue weighted by Crippen LogP contribution is 2.33. The molecular formula is C17H25NO3. The second kappa shape index (κ2) is 6.06. The Morgan fingerprint density at radius 3 is 2.57 bits per heavy atom. The summed E-state index contributed by atoms with van der Waals surface area (Å²) in [7, 11) is 1.62. The summed E-state index contributed by atoms with van der Waals surface area (Å²) in [4.78, 5) is 12.3. The number of rotatable bonds is 5. The Morgan fingerprint density at radius 1 is 1.33 bits per heavy atom. The van der Waals surface area contributed by atoms with Gasteiger partial charge in [-0.3, -0.25) is 4.79 Å². The zero-order valence-corrected chi connectivity index (χ0v) is 13.1. The van der Waals surface area contributed by atoms with Gasteiger partial charge in [-0.1, -0.05) is 31.0 Å². The maximum absolute atomic E-state index is 12.3. The van der Waals surface area contributed by atoms with Crippen molar-refractivity contribution in [3.63, 3.8) is 0 Å². The van der Waals surface area contributed by atoms with Gasteiger partial charge in [-0.15, -0.1) is 0 Å². The van der Waals surface area contributed by atoms with E-state index in [0.717, 1.165) is 37.0 Å². The number of amides is 1. The molecule has 1 aromatic carbocycles. The van der Waals surface area contributed by atoms with Crippen molar-refractivity contribution in [1.82, 2.24) is 5.32 Å². The van der Waals surface area contributed by atoms with Crippen molar-refractivity contribution < 1.29 is 14.6 Å². The van der Waals surface area contributed by atoms with Gasteiger partial charge in [-0.2, -0.15) is 0 Å². The van der Waals surface area contributed by atoms with Crippen LogP contribution in [0.2, 0.25) is 0 Å². The maximum Gasteiger partial charge on any atom is 0.223 e. The molecule has 1 amide bonds. The van der Waals surface area contributed by atoms with E-state index < -0.39 is 11.1 Å². The molecule has 0 radical (unpaired) electrons. The van der Waals surface area contributed by atoms with Gasteiger partial charge in [0.2, 0.25) is 5.91 Å². The molecule has 4 nitrogen and oxygen atoms in total. The van der Waals surface area contributed by atoms with Crippen molar-refractivity contribution in [2.45, 2.75) is 57.1 Å². The Bertz CT molecular complexity index is 505. The summed E-state index contributed by atoms with van der Waals surface area (Å²) < 4.78 is 5.37. The van der Waals surface area contributed by atoms with Crippen LogP contribution in [-0.2, 0) is 10.3 Å². The maximum atomic E-state index is 12.3. The minimum absolute atomic E-state index is 0.115. The molecule has 0 aliphatic heterocycles. The zero-order valence-electron chi connectivity index (χ0n) is 13.1. The summed E-state index contributed by atoms with van der Waals surface area (Å²) >= 11 is 0. The molecule has 2 rings (SSSR count). The van der Waals surface area contributed by atoms with E-state index in [-0.39, 0.29) is 12.3 Å². The van der Waals surface area contributed by atoms with E-state index in [0.29, 0.717) is 0 Å². The SMILES string of the molecule is COc1ccccc1C(C)(C)NC(=O)CC1(O)CCCC1. The lowest BCUT2D eigenvalue weighted by Gasteiger charge is -2.30. The molecule has 2 N–H and O–H groups in total. The predicted molar refractivity (Wildman–Crippen MR) is 82.2 cm³/mol. The molecule has 0 unspecified atom stereocenters. The smallest absolute Gasteiger partial charge is 0.223 e. The fourth-order valence-electron chi connectivity index (χ4n) is 3.13. The van der Waals surface area contributed by atoms with Crippen molar-refractivity contribution in [3.05, 3.63) is 29.8 Å². The van der Waals surface area contributed by atoms with Crippen molar-refractivity contribution in [2.75, 3.05) is 7.11 Å². The second-order valence-electron chi connectivity index (χ2n) is 6.48. The van der Waals surface area contributed by atoms with E-state index in [9.17, 15) is 9.90 Å². The Balaban J connectivity index is 2.07. The molecule has 0 spiro atoms. The molecule has 4 heteroatoms. The highest BCUT2D eigenvalue weighted by molar-refractivity contribution is 5.78. The molecule has 1 aromatic rings. The molecule has 0 bridgehead atoms. The number of methoxy groups -OCH3 is 1. The first kappa shape index (κ1) is 15.8. The quantitative estimate of drug-likeness (QED) is 0.877. The first-order chi connectivity index (χ1) is 9.86. The molecule has 0 aromatic heterocycles. The molecule has 1 aliphatic carbocycles. The van der Waals surface area contributed by atoms with Crippen LogP contribution in [0, 0.1) is 0 Å². The van der Waals surface area contributed by atoms with Gasteiger partial charge in [-0.25, -0.2) is 0 Å². The predicted octanol–water partition coefficient (Wildman–Crippen LogP) is 2.74. The Hall–Kier alpha value is -1.55. The van der Waals surface area contributed by atoms with Gasteiger partial charge in [0.05, 0.1) is 24.7 Å². The first-order valence-corrected chi connectivity index (χ1v) is 7.53. The molecule has 1 saturated carbocycles. The van der Waals surface area contributed by atoms with Crippen LogP contribution in [0.15, 0.2) is 24.3 Å². The van der Waals surface area contributed by atoms with E-state index in [1.807, 2.05) is 38.1 Å². The van der Waals surface area contributed by atoms with Crippen LogP contribution < -0.4 is 10.1 Å². The summed E-state index contributed by atoms with van der Waals surface area (Å²) in [5.74, 6) is 0.637. The van der Waals surface area contributed by atoms with Gasteiger partial charge in [0, 0.05) is 5.56 Å². The molecule has 0 atom stereocenters. The Kier molecular flexibility index (Phi) is 4.57. The number of nitrogens with one attached hydrogen (secondary N) is 1. The first-order valence-electron chi connectivity index (χ1n) is 7.53. The van der Waals surface area contributed by atoms with Crippen molar-refractivity contribution in [1.29, 1.82) is 0 Å². The summed E-state index contributed by atoms with van der Waals surface area (Å²) in [6.45, 7) is 3.89. The highest BCUT2D eigenvalue weighted by atomic mass is 16.5. The monoisotopic (exact) mass is 291 g/mol. The number of hydrogen-bond acceptors (Lipinski definition) is 3. The lowest BCUT2D eigenvalue weighted by Crippen LogP contribution is -2.44. The standard InChI is InChI=1S/C17H25NO3/c1-16(2,13-8-4-5-9-14(13)21-3)18-15(19)12-17(20)10-6-7-11-17/h4-5,8-9,20H,6-7,10-12H2,1-3H3,(H,18,19). The summed E-state index contributed by atoms with van der Waals surface area (Å²) in [6.07, 6.45) is 3.61. The van der Waals surface area contributed by atoms with Crippen LogP contribution in [0.4, 0.5) is 0 Å². The molecule has 116 valence electrons. The number of carbonyl (C=O) groups excluding carboxylic acids is 1. The fourth-order valence-corrected chi connectivity index (χ4v) is 3.13. The molecule has 0 saturated heterocycles. The normalized spacial score (nSPS) is 17.5. The van der Waals surface area contributed by atoms with Crippen LogP contribution in [0.1, 0.15) is 51.5 Å². The number of aliphatic hydroxyl groups is 1. The Labute approximate surface area is 126 Å². The van der Waals surface area contributed by atoms with Crippen LogP contribution in [0.5, 0.6) is 5.75 Å². The number of para-hydroxylation sites is 1. The van der Waals surface area contributed by atoms with E-state index in [2.05, 4.69) is 5.32 Å². The van der Waals surface area contributed by atoms with E-state index >= 15 is 0 Å². The third-order valence-corrected chi connectivity index (χ3v) is 4.26. The van der Waals surface area contributed by atoms with Crippen molar-refractivity contribution in [3.8, 4) is 5.75 Å². The van der Waals surface area contributed by atoms with Gasteiger partial charge in [0.1, 0.15) is 5.75 Å². The van der Waals surface area contributed by atoms with E-state index in [1.54, 1.807) is 7.11 Å². The molecule has 21 heavy (non-hydrogen) atoms. The lowest BCUT2D eigenvalue weighted by molar-refractivity contribution is -0.127. The zero-order chi connectivity index (χ0) is 15.5. The summed E-state index contributed by atoms with van der Waals surface area (Å²) in [5, 5.41) is 13.4. The van der Waals surface area contributed by atoms with E-state index in [1.165, 1.54) is 0 Å². The number of benzene rings is 1. The van der Waals surface area contributed by atoms with E-state index in [4.69, 9.17) is 4.74 Å². The van der Waals surface area contributed by atoms with Gasteiger partial charge in [-0.05, 0) is 32.8 Å². The third kappa shape index (κ3) is 3.76. The summed E-state index contributed by atoms with van der Waals surface area (Å²) in [5.41, 5.74) is -0.432. The minimum atomic E-state index is -0.819. The Morgan fingerprint density at radius 2 is 1.95 bits per heavy atom. The number of carbonyl (C=O) groups is 1.